The molecule has 3 aromatic carbocycles. The Morgan fingerprint density at radius 1 is 0.943 bits per heavy atom. The number of nitrogens with zero attached hydrogens (tertiary/aromatic N) is 1. The smallest absolute Gasteiger partial charge is 0.338 e. The molecule has 0 bridgehead atoms. The van der Waals surface area contributed by atoms with Crippen molar-refractivity contribution in [2.45, 2.75) is 25.7 Å². The topological polar surface area (TPSA) is 102 Å². The molecule has 0 saturated heterocycles. The molecule has 0 aromatic heterocycles. The molecule has 0 spiro atoms. The van der Waals surface area contributed by atoms with Gasteiger partial charge >= 0.3 is 5.97 Å². The number of esters is 1. The normalized spacial score (nSPS) is 11.0. The van der Waals surface area contributed by atoms with Gasteiger partial charge in [-0.25, -0.2) is 13.2 Å². The van der Waals surface area contributed by atoms with Gasteiger partial charge in [0.1, 0.15) is 12.3 Å². The minimum atomic E-state index is -4.08. The van der Waals surface area contributed by atoms with Gasteiger partial charge in [0.15, 0.2) is 0 Å². The Kier molecular flexibility index (Phi) is 8.14. The van der Waals surface area contributed by atoms with Gasteiger partial charge in [-0.2, -0.15) is 0 Å². The number of carbonyl (C=O) groups excluding carboxylic acids is 2. The number of nitrogens with one attached hydrogen (secondary N) is 1. The van der Waals surface area contributed by atoms with Crippen LogP contribution in [0.3, 0.4) is 0 Å². The molecule has 8 nitrogen and oxygen atoms in total. The summed E-state index contributed by atoms with van der Waals surface area (Å²) in [6, 6.07) is 17.7. The molecule has 3 rings (SSSR count). The van der Waals surface area contributed by atoms with Crippen molar-refractivity contribution in [1.29, 1.82) is 0 Å². The minimum Gasteiger partial charge on any atom is -0.497 e. The second-order valence-corrected chi connectivity index (χ2v) is 9.63. The van der Waals surface area contributed by atoms with E-state index in [0.717, 1.165) is 9.87 Å². The monoisotopic (exact) mass is 496 g/mol. The summed E-state index contributed by atoms with van der Waals surface area (Å²) >= 11 is 0. The van der Waals surface area contributed by atoms with E-state index >= 15 is 0 Å². The molecule has 0 radical (unpaired) electrons. The summed E-state index contributed by atoms with van der Waals surface area (Å²) in [5.41, 5.74) is 2.54. The third-order valence-electron chi connectivity index (χ3n) is 5.36. The number of rotatable bonds is 9. The molecular formula is C26H28N2O6S. The van der Waals surface area contributed by atoms with Crippen LogP contribution in [0.5, 0.6) is 5.75 Å². The molecule has 9 heteroatoms. The number of benzene rings is 3. The van der Waals surface area contributed by atoms with Crippen LogP contribution in [0.15, 0.2) is 71.6 Å². The van der Waals surface area contributed by atoms with Crippen LogP contribution in [-0.2, 0) is 19.6 Å². The van der Waals surface area contributed by atoms with Gasteiger partial charge in [-0.3, -0.25) is 9.10 Å². The van der Waals surface area contributed by atoms with E-state index in [1.807, 2.05) is 6.92 Å². The minimum absolute atomic E-state index is 0.0205. The van der Waals surface area contributed by atoms with E-state index in [9.17, 15) is 18.0 Å². The van der Waals surface area contributed by atoms with Crippen molar-refractivity contribution in [3.8, 4) is 5.75 Å². The summed E-state index contributed by atoms with van der Waals surface area (Å²) in [6.45, 7) is 5.04. The number of amides is 1. The van der Waals surface area contributed by atoms with Gasteiger partial charge in [0.25, 0.3) is 10.0 Å². The largest absolute Gasteiger partial charge is 0.497 e. The number of aryl methyl sites for hydroxylation is 1. The van der Waals surface area contributed by atoms with Crippen LogP contribution in [0.4, 0.5) is 11.4 Å². The summed E-state index contributed by atoms with van der Waals surface area (Å²) in [7, 11) is -2.58. The van der Waals surface area contributed by atoms with E-state index in [-0.39, 0.29) is 11.5 Å². The first kappa shape index (κ1) is 25.8. The lowest BCUT2D eigenvalue weighted by atomic mass is 10.1. The van der Waals surface area contributed by atoms with E-state index in [0.29, 0.717) is 28.3 Å². The lowest BCUT2D eigenvalue weighted by molar-refractivity contribution is -0.114. The van der Waals surface area contributed by atoms with E-state index in [1.54, 1.807) is 68.4 Å². The molecular weight excluding hydrogens is 468 g/mol. The van der Waals surface area contributed by atoms with E-state index in [2.05, 4.69) is 5.32 Å². The van der Waals surface area contributed by atoms with E-state index < -0.39 is 28.4 Å². The van der Waals surface area contributed by atoms with Crippen molar-refractivity contribution in [3.05, 3.63) is 83.4 Å². The first-order chi connectivity index (χ1) is 16.7. The fourth-order valence-corrected chi connectivity index (χ4v) is 4.84. The molecule has 0 unspecified atom stereocenters. The Hall–Kier alpha value is -3.85. The Bertz CT molecular complexity index is 1300. The number of sulfonamides is 1. The number of ether oxygens (including phenoxy) is 2. The number of carbonyl (C=O) groups is 2. The van der Waals surface area contributed by atoms with Crippen LogP contribution in [0.25, 0.3) is 0 Å². The van der Waals surface area contributed by atoms with Crippen LogP contribution in [0.2, 0.25) is 0 Å². The first-order valence-electron chi connectivity index (χ1n) is 11.0. The number of hydrogen-bond donors (Lipinski definition) is 1. The zero-order chi connectivity index (χ0) is 25.6. The van der Waals surface area contributed by atoms with Gasteiger partial charge in [0.05, 0.1) is 29.9 Å². The molecule has 0 aliphatic carbocycles. The zero-order valence-electron chi connectivity index (χ0n) is 20.1. The molecule has 3 aromatic rings. The van der Waals surface area contributed by atoms with Gasteiger partial charge in [-0.1, -0.05) is 23.8 Å². The average molecular weight is 497 g/mol. The van der Waals surface area contributed by atoms with E-state index in [4.69, 9.17) is 9.47 Å². The van der Waals surface area contributed by atoms with Gasteiger partial charge < -0.3 is 14.8 Å². The fourth-order valence-electron chi connectivity index (χ4n) is 3.42. The van der Waals surface area contributed by atoms with Crippen molar-refractivity contribution in [1.82, 2.24) is 0 Å². The highest BCUT2D eigenvalue weighted by atomic mass is 32.2. The number of methoxy groups -OCH3 is 1. The summed E-state index contributed by atoms with van der Waals surface area (Å²) in [5.74, 6) is -0.545. The molecule has 35 heavy (non-hydrogen) atoms. The molecule has 0 fully saturated rings. The van der Waals surface area contributed by atoms with Crippen molar-refractivity contribution in [3.63, 3.8) is 0 Å². The SMILES string of the molecule is CCOC(=O)c1cccc(NC(=O)CN(c2ccc(C)cc2)S(=O)(=O)c2ccc(OC)cc2)c1C. The Labute approximate surface area is 205 Å². The highest BCUT2D eigenvalue weighted by molar-refractivity contribution is 7.92. The maximum atomic E-state index is 13.5. The highest BCUT2D eigenvalue weighted by Crippen LogP contribution is 2.26. The Morgan fingerprint density at radius 3 is 2.20 bits per heavy atom. The van der Waals surface area contributed by atoms with Gasteiger partial charge in [0, 0.05) is 5.69 Å². The standard InChI is InChI=1S/C26H28N2O6S/c1-5-34-26(30)23-7-6-8-24(19(23)3)27-25(29)17-28(20-11-9-18(2)10-12-20)35(31,32)22-15-13-21(33-4)14-16-22/h6-16H,5,17H2,1-4H3,(H,27,29). The van der Waals surface area contributed by atoms with Gasteiger partial charge in [-0.05, 0) is 74.9 Å². The zero-order valence-corrected chi connectivity index (χ0v) is 20.9. The lowest BCUT2D eigenvalue weighted by Crippen LogP contribution is -2.38. The molecule has 0 saturated carbocycles. The quantitative estimate of drug-likeness (QED) is 0.443. The number of hydrogen-bond acceptors (Lipinski definition) is 6. The fraction of sp³-hybridized carbons (Fsp3) is 0.231. The van der Waals surface area contributed by atoms with Gasteiger partial charge in [-0.15, -0.1) is 0 Å². The molecule has 0 aliphatic rings. The summed E-state index contributed by atoms with van der Waals surface area (Å²) in [5, 5.41) is 2.73. The third kappa shape index (κ3) is 5.99. The molecule has 1 N–H and O–H groups in total. The molecule has 0 atom stereocenters. The maximum Gasteiger partial charge on any atom is 0.338 e. The summed E-state index contributed by atoms with van der Waals surface area (Å²) < 4.78 is 38.3. The van der Waals surface area contributed by atoms with Crippen molar-refractivity contribution in [2.75, 3.05) is 29.9 Å². The van der Waals surface area contributed by atoms with Crippen molar-refractivity contribution in [2.24, 2.45) is 0 Å². The van der Waals surface area contributed by atoms with Crippen molar-refractivity contribution < 1.29 is 27.5 Å². The molecule has 0 aliphatic heterocycles. The summed E-state index contributed by atoms with van der Waals surface area (Å²) in [6.07, 6.45) is 0. The maximum absolute atomic E-state index is 13.5. The molecule has 1 amide bonds. The first-order valence-corrected chi connectivity index (χ1v) is 12.4. The van der Waals surface area contributed by atoms with Crippen LogP contribution < -0.4 is 14.4 Å². The van der Waals surface area contributed by atoms with Crippen LogP contribution in [0, 0.1) is 13.8 Å². The molecule has 0 heterocycles. The third-order valence-corrected chi connectivity index (χ3v) is 7.15. The van der Waals surface area contributed by atoms with Crippen LogP contribution >= 0.6 is 0 Å². The van der Waals surface area contributed by atoms with Crippen molar-refractivity contribution >= 4 is 33.3 Å². The predicted molar refractivity (Wildman–Crippen MR) is 134 cm³/mol. The van der Waals surface area contributed by atoms with Crippen LogP contribution in [-0.4, -0.2) is 40.6 Å². The predicted octanol–water partition coefficient (Wildman–Crippen LogP) is 4.32. The second-order valence-electron chi connectivity index (χ2n) is 7.77. The summed E-state index contributed by atoms with van der Waals surface area (Å²) in [4.78, 5) is 25.3. The number of anilines is 2. The lowest BCUT2D eigenvalue weighted by Gasteiger charge is -2.24. The average Bonchev–Trinajstić information content (AvgIpc) is 2.84. The van der Waals surface area contributed by atoms with Gasteiger partial charge in [0.2, 0.25) is 5.91 Å². The van der Waals surface area contributed by atoms with Crippen LogP contribution in [0.1, 0.15) is 28.4 Å². The Balaban J connectivity index is 1.92. The second kappa shape index (κ2) is 11.1. The molecule has 184 valence electrons. The highest BCUT2D eigenvalue weighted by Gasteiger charge is 2.27. The van der Waals surface area contributed by atoms with E-state index in [1.165, 1.54) is 19.2 Å². The Morgan fingerprint density at radius 2 is 1.60 bits per heavy atom.